The molecule has 0 radical (unpaired) electrons. The number of imide groups is 1. The van der Waals surface area contributed by atoms with Crippen molar-refractivity contribution in [2.75, 3.05) is 17.3 Å². The van der Waals surface area contributed by atoms with Crippen molar-refractivity contribution >= 4 is 40.7 Å². The first-order valence-corrected chi connectivity index (χ1v) is 7.29. The first kappa shape index (κ1) is 13.9. The Morgan fingerprint density at radius 1 is 1.33 bits per heavy atom. The number of carbonyl (C=O) groups is 2. The summed E-state index contributed by atoms with van der Waals surface area (Å²) < 4.78 is 0. The molecule has 2 saturated heterocycles. The van der Waals surface area contributed by atoms with Crippen LogP contribution in [-0.4, -0.2) is 41.1 Å². The number of amides is 3. The Kier molecular flexibility index (Phi) is 3.55. The summed E-state index contributed by atoms with van der Waals surface area (Å²) >= 11 is 5.57. The van der Waals surface area contributed by atoms with E-state index in [0.29, 0.717) is 23.8 Å². The maximum atomic E-state index is 12.3. The lowest BCUT2D eigenvalue weighted by Gasteiger charge is -2.15. The molecule has 21 heavy (non-hydrogen) atoms. The van der Waals surface area contributed by atoms with Crippen LogP contribution in [0.4, 0.5) is 16.2 Å². The Hall–Kier alpha value is -2.08. The highest BCUT2D eigenvalue weighted by atomic mass is 35.5. The molecule has 0 bridgehead atoms. The minimum Gasteiger partial charge on any atom is -0.386 e. The summed E-state index contributed by atoms with van der Waals surface area (Å²) in [6.07, 6.45) is 1.64. The van der Waals surface area contributed by atoms with Crippen LogP contribution in [0.2, 0.25) is 0 Å². The topological polar surface area (TPSA) is 79.0 Å². The first-order chi connectivity index (χ1) is 10.1. The lowest BCUT2D eigenvalue weighted by atomic mass is 10.2. The lowest BCUT2D eigenvalue weighted by Crippen LogP contribution is -2.32. The molecule has 2 heterocycles. The van der Waals surface area contributed by atoms with E-state index in [2.05, 4.69) is 4.99 Å². The molecule has 2 aliphatic rings. The van der Waals surface area contributed by atoms with E-state index in [-0.39, 0.29) is 23.9 Å². The summed E-state index contributed by atoms with van der Waals surface area (Å²) in [5, 5.41) is 0. The zero-order valence-corrected chi connectivity index (χ0v) is 12.1. The van der Waals surface area contributed by atoms with Gasteiger partial charge in [-0.1, -0.05) is 0 Å². The van der Waals surface area contributed by atoms with Crippen LogP contribution in [0.5, 0.6) is 0 Å². The smallest absolute Gasteiger partial charge is 0.332 e. The number of halogens is 1. The zero-order valence-electron chi connectivity index (χ0n) is 11.3. The number of hydrogen-bond donors (Lipinski definition) is 1. The van der Waals surface area contributed by atoms with Gasteiger partial charge in [0, 0.05) is 6.54 Å². The van der Waals surface area contributed by atoms with Crippen molar-refractivity contribution in [1.29, 1.82) is 0 Å². The quantitative estimate of drug-likeness (QED) is 0.400. The average Bonchev–Trinajstić information content (AvgIpc) is 3.05. The predicted molar refractivity (Wildman–Crippen MR) is 81.1 cm³/mol. The van der Waals surface area contributed by atoms with Crippen molar-refractivity contribution in [3.8, 4) is 0 Å². The van der Waals surface area contributed by atoms with E-state index >= 15 is 0 Å². The molecule has 6 nitrogen and oxygen atoms in total. The van der Waals surface area contributed by atoms with Crippen molar-refractivity contribution in [3.05, 3.63) is 24.3 Å². The average molecular weight is 307 g/mol. The highest BCUT2D eigenvalue weighted by Gasteiger charge is 2.47. The van der Waals surface area contributed by atoms with Gasteiger partial charge in [0.2, 0.25) is 0 Å². The second-order valence-corrected chi connectivity index (χ2v) is 5.33. The van der Waals surface area contributed by atoms with E-state index in [1.807, 2.05) is 0 Å². The number of carbonyl (C=O) groups excluding carboxylic acids is 2. The Bertz CT molecular complexity index is 592. The van der Waals surface area contributed by atoms with Crippen LogP contribution in [0.25, 0.3) is 0 Å². The Labute approximate surface area is 127 Å². The number of anilines is 1. The fourth-order valence-corrected chi connectivity index (χ4v) is 2.79. The molecule has 2 fully saturated rings. The SMILES string of the molecule is NC(CCl)=Nc1ccc(N2C(=O)C3CCCN3C2=O)cc1. The fourth-order valence-electron chi connectivity index (χ4n) is 2.73. The van der Waals surface area contributed by atoms with Crippen LogP contribution in [0.1, 0.15) is 12.8 Å². The molecular formula is C14H15ClN4O2. The number of urea groups is 1. The second-order valence-electron chi connectivity index (χ2n) is 5.06. The summed E-state index contributed by atoms with van der Waals surface area (Å²) in [4.78, 5) is 31.6. The van der Waals surface area contributed by atoms with Gasteiger partial charge in [0.15, 0.2) is 0 Å². The largest absolute Gasteiger partial charge is 0.386 e. The van der Waals surface area contributed by atoms with Crippen LogP contribution in [0.15, 0.2) is 29.3 Å². The number of amidine groups is 1. The standard InChI is InChI=1S/C14H15ClN4O2/c15-8-12(16)17-9-3-5-10(6-4-9)19-13(20)11-2-1-7-18(11)14(19)21/h3-6,11H,1-2,7-8H2,(H2,16,17). The molecular weight excluding hydrogens is 292 g/mol. The van der Waals surface area contributed by atoms with E-state index in [9.17, 15) is 9.59 Å². The molecule has 0 saturated carbocycles. The third-order valence-electron chi connectivity index (χ3n) is 3.71. The van der Waals surface area contributed by atoms with Crippen molar-refractivity contribution in [2.45, 2.75) is 18.9 Å². The van der Waals surface area contributed by atoms with E-state index in [0.717, 1.165) is 12.8 Å². The van der Waals surface area contributed by atoms with Crippen molar-refractivity contribution in [3.63, 3.8) is 0 Å². The third kappa shape index (κ3) is 2.35. The summed E-state index contributed by atoms with van der Waals surface area (Å²) in [7, 11) is 0. The van der Waals surface area contributed by atoms with E-state index in [4.69, 9.17) is 17.3 Å². The van der Waals surface area contributed by atoms with Crippen LogP contribution < -0.4 is 10.6 Å². The first-order valence-electron chi connectivity index (χ1n) is 6.75. The molecule has 2 aliphatic heterocycles. The summed E-state index contributed by atoms with van der Waals surface area (Å²) in [6.45, 7) is 0.653. The van der Waals surface area contributed by atoms with Crippen molar-refractivity contribution < 1.29 is 9.59 Å². The van der Waals surface area contributed by atoms with Crippen LogP contribution >= 0.6 is 11.6 Å². The molecule has 3 rings (SSSR count). The molecule has 3 amide bonds. The van der Waals surface area contributed by atoms with Crippen LogP contribution in [0.3, 0.4) is 0 Å². The predicted octanol–water partition coefficient (Wildman–Crippen LogP) is 1.85. The molecule has 110 valence electrons. The van der Waals surface area contributed by atoms with Crippen molar-refractivity contribution in [2.24, 2.45) is 10.7 Å². The van der Waals surface area contributed by atoms with E-state index in [1.54, 1.807) is 29.2 Å². The third-order valence-corrected chi connectivity index (χ3v) is 3.99. The number of alkyl halides is 1. The fraction of sp³-hybridized carbons (Fsp3) is 0.357. The summed E-state index contributed by atoms with van der Waals surface area (Å²) in [5.41, 5.74) is 6.76. The van der Waals surface area contributed by atoms with Gasteiger partial charge in [-0.25, -0.2) is 14.7 Å². The summed E-state index contributed by atoms with van der Waals surface area (Å²) in [5.74, 6) is 0.328. The maximum absolute atomic E-state index is 12.3. The Morgan fingerprint density at radius 3 is 2.67 bits per heavy atom. The van der Waals surface area contributed by atoms with Gasteiger partial charge >= 0.3 is 6.03 Å². The molecule has 2 N–H and O–H groups in total. The highest BCUT2D eigenvalue weighted by Crippen LogP contribution is 2.32. The number of nitrogens with zero attached hydrogens (tertiary/aromatic N) is 3. The number of benzene rings is 1. The molecule has 1 unspecified atom stereocenters. The maximum Gasteiger partial charge on any atom is 0.332 e. The number of fused-ring (bicyclic) bond motifs is 1. The number of hydrogen-bond acceptors (Lipinski definition) is 3. The Balaban J connectivity index is 1.85. The number of rotatable bonds is 3. The second kappa shape index (κ2) is 5.37. The van der Waals surface area contributed by atoms with Crippen molar-refractivity contribution in [1.82, 2.24) is 4.90 Å². The normalized spacial score (nSPS) is 22.1. The molecule has 1 aromatic rings. The molecule has 7 heteroatoms. The lowest BCUT2D eigenvalue weighted by molar-refractivity contribution is -0.119. The minimum atomic E-state index is -0.290. The molecule has 0 spiro atoms. The summed E-state index contributed by atoms with van der Waals surface area (Å²) in [6, 6.07) is 6.27. The zero-order chi connectivity index (χ0) is 15.0. The highest BCUT2D eigenvalue weighted by molar-refractivity contribution is 6.28. The van der Waals surface area contributed by atoms with Crippen LogP contribution in [-0.2, 0) is 4.79 Å². The Morgan fingerprint density at radius 2 is 2.05 bits per heavy atom. The van der Waals surface area contributed by atoms with Gasteiger partial charge in [0.05, 0.1) is 17.3 Å². The van der Waals surface area contributed by atoms with Gasteiger partial charge in [-0.05, 0) is 37.1 Å². The number of nitrogens with two attached hydrogens (primary N) is 1. The molecule has 1 aromatic carbocycles. The monoisotopic (exact) mass is 306 g/mol. The van der Waals surface area contributed by atoms with E-state index in [1.165, 1.54) is 4.90 Å². The molecule has 0 aliphatic carbocycles. The van der Waals surface area contributed by atoms with Gasteiger partial charge in [-0.2, -0.15) is 0 Å². The molecule has 1 atom stereocenters. The molecule has 0 aromatic heterocycles. The van der Waals surface area contributed by atoms with Gasteiger partial charge in [-0.15, -0.1) is 11.6 Å². The van der Waals surface area contributed by atoms with E-state index < -0.39 is 0 Å². The number of aliphatic imine (C=N–C) groups is 1. The van der Waals surface area contributed by atoms with Gasteiger partial charge < -0.3 is 10.6 Å². The minimum absolute atomic E-state index is 0.144. The van der Waals surface area contributed by atoms with Crippen LogP contribution in [0, 0.1) is 0 Å². The van der Waals surface area contributed by atoms with Gasteiger partial charge in [0.25, 0.3) is 5.91 Å². The van der Waals surface area contributed by atoms with Gasteiger partial charge in [0.1, 0.15) is 11.9 Å². The van der Waals surface area contributed by atoms with Gasteiger partial charge in [-0.3, -0.25) is 4.79 Å².